The number of rotatable bonds is 3. The molecule has 1 aromatic rings. The van der Waals surface area contributed by atoms with Crippen LogP contribution in [0.25, 0.3) is 0 Å². The van der Waals surface area contributed by atoms with E-state index >= 15 is 0 Å². The topological polar surface area (TPSA) is 46.2 Å². The molecule has 1 aliphatic rings. The average Bonchev–Trinajstić information content (AvgIpc) is 2.83. The first-order chi connectivity index (χ1) is 8.24. The van der Waals surface area contributed by atoms with Gasteiger partial charge in [-0.05, 0) is 43.6 Å². The van der Waals surface area contributed by atoms with Crippen LogP contribution in [-0.2, 0) is 4.74 Å². The van der Waals surface area contributed by atoms with Crippen LogP contribution in [0.3, 0.4) is 0 Å². The Morgan fingerprint density at radius 3 is 3.12 bits per heavy atom. The van der Waals surface area contributed by atoms with E-state index in [1.807, 2.05) is 25.3 Å². The molecule has 1 saturated heterocycles. The number of pyridine rings is 1. The molecule has 1 aliphatic heterocycles. The molecule has 2 N–H and O–H groups in total. The number of hydrogen-bond acceptors (Lipinski definition) is 3. The van der Waals surface area contributed by atoms with Gasteiger partial charge in [0.2, 0.25) is 0 Å². The minimum atomic E-state index is 0.292. The zero-order valence-corrected chi connectivity index (χ0v) is 10.7. The molecule has 0 aromatic carbocycles. The van der Waals surface area contributed by atoms with Crippen LogP contribution in [-0.4, -0.2) is 29.4 Å². The van der Waals surface area contributed by atoms with E-state index in [9.17, 15) is 0 Å². The summed E-state index contributed by atoms with van der Waals surface area (Å²) in [4.78, 5) is 4.23. The molecule has 1 aromatic heterocycles. The molecule has 0 saturated carbocycles. The third-order valence-corrected chi connectivity index (χ3v) is 2.91. The Balaban J connectivity index is 1.74. The Labute approximate surface area is 107 Å². The number of aromatic nitrogens is 1. The van der Waals surface area contributed by atoms with E-state index in [0.717, 1.165) is 37.4 Å². The highest BCUT2D eigenvalue weighted by Gasteiger charge is 2.15. The van der Waals surface area contributed by atoms with Gasteiger partial charge in [0.1, 0.15) is 5.82 Å². The smallest absolute Gasteiger partial charge is 0.172 e. The molecular formula is C12H17N3OS. The summed E-state index contributed by atoms with van der Waals surface area (Å²) in [5.74, 6) is 0.764. The van der Waals surface area contributed by atoms with Crippen LogP contribution in [0.2, 0.25) is 0 Å². The number of aryl methyl sites for hydroxylation is 1. The fraction of sp³-hybridized carbons (Fsp3) is 0.500. The third kappa shape index (κ3) is 3.94. The van der Waals surface area contributed by atoms with Gasteiger partial charge in [-0.3, -0.25) is 0 Å². The Morgan fingerprint density at radius 1 is 1.59 bits per heavy atom. The standard InChI is InChI=1S/C12H17N3OS/c1-9-4-5-11(13-7-9)15-12(17)14-8-10-3-2-6-16-10/h4-5,7,10H,2-3,6,8H2,1H3,(H2,13,14,15,17)/t10-/m1/s1. The average molecular weight is 251 g/mol. The zero-order valence-electron chi connectivity index (χ0n) is 9.90. The van der Waals surface area contributed by atoms with E-state index in [1.165, 1.54) is 0 Å². The van der Waals surface area contributed by atoms with E-state index in [1.54, 1.807) is 0 Å². The highest BCUT2D eigenvalue weighted by atomic mass is 32.1. The van der Waals surface area contributed by atoms with Crippen molar-refractivity contribution in [1.82, 2.24) is 10.3 Å². The fourth-order valence-corrected chi connectivity index (χ4v) is 1.90. The SMILES string of the molecule is Cc1ccc(NC(=S)NC[C@H]2CCCO2)nc1. The zero-order chi connectivity index (χ0) is 12.1. The summed E-state index contributed by atoms with van der Waals surface area (Å²) in [6.45, 7) is 3.63. The van der Waals surface area contributed by atoms with Crippen LogP contribution >= 0.6 is 12.2 Å². The molecule has 0 radical (unpaired) electrons. The van der Waals surface area contributed by atoms with Crippen LogP contribution in [0, 0.1) is 6.92 Å². The molecule has 0 bridgehead atoms. The van der Waals surface area contributed by atoms with E-state index < -0.39 is 0 Å². The van der Waals surface area contributed by atoms with Crippen molar-refractivity contribution in [1.29, 1.82) is 0 Å². The Bertz CT molecular complexity index is 374. The van der Waals surface area contributed by atoms with Gasteiger partial charge < -0.3 is 15.4 Å². The lowest BCUT2D eigenvalue weighted by Crippen LogP contribution is -2.35. The molecule has 4 nitrogen and oxygen atoms in total. The summed E-state index contributed by atoms with van der Waals surface area (Å²) in [6.07, 6.45) is 4.36. The fourth-order valence-electron chi connectivity index (χ4n) is 1.71. The first kappa shape index (κ1) is 12.3. The molecule has 1 fully saturated rings. The van der Waals surface area contributed by atoms with Crippen molar-refractivity contribution in [3.63, 3.8) is 0 Å². The normalized spacial score (nSPS) is 19.0. The highest BCUT2D eigenvalue weighted by Crippen LogP contribution is 2.10. The maximum absolute atomic E-state index is 5.50. The predicted octanol–water partition coefficient (Wildman–Crippen LogP) is 1.86. The van der Waals surface area contributed by atoms with E-state index in [0.29, 0.717) is 11.2 Å². The summed E-state index contributed by atoms with van der Waals surface area (Å²) >= 11 is 5.19. The van der Waals surface area contributed by atoms with Crippen molar-refractivity contribution in [2.45, 2.75) is 25.9 Å². The second-order valence-electron chi connectivity index (χ2n) is 4.19. The summed E-state index contributed by atoms with van der Waals surface area (Å²) in [5, 5.41) is 6.78. The number of thiocarbonyl (C=S) groups is 1. The van der Waals surface area contributed by atoms with Crippen molar-refractivity contribution in [2.75, 3.05) is 18.5 Å². The molecule has 92 valence electrons. The van der Waals surface area contributed by atoms with Gasteiger partial charge in [0.05, 0.1) is 6.10 Å². The van der Waals surface area contributed by atoms with Gasteiger partial charge >= 0.3 is 0 Å². The first-order valence-electron chi connectivity index (χ1n) is 5.83. The lowest BCUT2D eigenvalue weighted by atomic mass is 10.2. The third-order valence-electron chi connectivity index (χ3n) is 2.67. The van der Waals surface area contributed by atoms with Crippen molar-refractivity contribution in [3.8, 4) is 0 Å². The van der Waals surface area contributed by atoms with Crippen molar-refractivity contribution >= 4 is 23.1 Å². The van der Waals surface area contributed by atoms with Crippen LogP contribution in [0.5, 0.6) is 0 Å². The molecule has 0 unspecified atom stereocenters. The Kier molecular flexibility index (Phi) is 4.28. The lowest BCUT2D eigenvalue weighted by Gasteiger charge is -2.13. The molecule has 2 heterocycles. The van der Waals surface area contributed by atoms with E-state index in [2.05, 4.69) is 15.6 Å². The quantitative estimate of drug-likeness (QED) is 0.803. The van der Waals surface area contributed by atoms with Crippen LogP contribution < -0.4 is 10.6 Å². The van der Waals surface area contributed by atoms with Crippen LogP contribution in [0.4, 0.5) is 5.82 Å². The number of nitrogens with one attached hydrogen (secondary N) is 2. The molecule has 17 heavy (non-hydrogen) atoms. The van der Waals surface area contributed by atoms with Gasteiger partial charge in [-0.1, -0.05) is 6.07 Å². The van der Waals surface area contributed by atoms with Gasteiger partial charge in [0.15, 0.2) is 5.11 Å². The van der Waals surface area contributed by atoms with E-state index in [-0.39, 0.29) is 0 Å². The molecular weight excluding hydrogens is 234 g/mol. The van der Waals surface area contributed by atoms with Gasteiger partial charge in [0.25, 0.3) is 0 Å². The van der Waals surface area contributed by atoms with Crippen molar-refractivity contribution in [3.05, 3.63) is 23.9 Å². The first-order valence-corrected chi connectivity index (χ1v) is 6.24. The van der Waals surface area contributed by atoms with E-state index in [4.69, 9.17) is 17.0 Å². The van der Waals surface area contributed by atoms with Crippen molar-refractivity contribution in [2.24, 2.45) is 0 Å². The predicted molar refractivity (Wildman–Crippen MR) is 72.2 cm³/mol. The summed E-state index contributed by atoms with van der Waals surface area (Å²) < 4.78 is 5.50. The largest absolute Gasteiger partial charge is 0.376 e. The number of hydrogen-bond donors (Lipinski definition) is 2. The Hall–Kier alpha value is -1.20. The minimum Gasteiger partial charge on any atom is -0.376 e. The lowest BCUT2D eigenvalue weighted by molar-refractivity contribution is 0.114. The number of anilines is 1. The molecule has 0 amide bonds. The van der Waals surface area contributed by atoms with Crippen molar-refractivity contribution < 1.29 is 4.74 Å². The van der Waals surface area contributed by atoms with Gasteiger partial charge in [0, 0.05) is 19.3 Å². The second kappa shape index (κ2) is 5.93. The van der Waals surface area contributed by atoms with Gasteiger partial charge in [-0.25, -0.2) is 4.98 Å². The highest BCUT2D eigenvalue weighted by molar-refractivity contribution is 7.80. The van der Waals surface area contributed by atoms with Gasteiger partial charge in [-0.2, -0.15) is 0 Å². The maximum Gasteiger partial charge on any atom is 0.172 e. The number of nitrogens with zero attached hydrogens (tertiary/aromatic N) is 1. The second-order valence-corrected chi connectivity index (χ2v) is 4.60. The monoisotopic (exact) mass is 251 g/mol. The van der Waals surface area contributed by atoms with Crippen LogP contribution in [0.1, 0.15) is 18.4 Å². The van der Waals surface area contributed by atoms with Crippen LogP contribution in [0.15, 0.2) is 18.3 Å². The molecule has 0 aliphatic carbocycles. The number of ether oxygens (including phenoxy) is 1. The summed E-state index contributed by atoms with van der Waals surface area (Å²) in [6, 6.07) is 3.91. The minimum absolute atomic E-state index is 0.292. The van der Waals surface area contributed by atoms with Gasteiger partial charge in [-0.15, -0.1) is 0 Å². The maximum atomic E-state index is 5.50. The summed E-state index contributed by atoms with van der Waals surface area (Å²) in [5.41, 5.74) is 1.13. The Morgan fingerprint density at radius 2 is 2.47 bits per heavy atom. The molecule has 2 rings (SSSR count). The molecule has 5 heteroatoms. The summed E-state index contributed by atoms with van der Waals surface area (Å²) in [7, 11) is 0. The molecule has 1 atom stereocenters. The molecule has 0 spiro atoms.